The van der Waals surface area contributed by atoms with E-state index < -0.39 is 11.3 Å². The minimum Gasteiger partial charge on any atom is -0.234 e. The van der Waals surface area contributed by atoms with E-state index in [4.69, 9.17) is 0 Å². The quantitative estimate of drug-likeness (QED) is 0.923. The molecule has 0 amide bonds. The molecule has 0 aromatic heterocycles. The van der Waals surface area contributed by atoms with Gasteiger partial charge in [-0.05, 0) is 22.4 Å². The molecule has 92 valence electrons. The molecule has 1 heterocycles. The number of hydroxylamine groups is 1. The average molecular weight is 325 g/mol. The maximum atomic E-state index is 11.0. The average Bonchev–Trinajstić information content (AvgIpc) is 2.75. The number of halogens is 1. The first kappa shape index (κ1) is 11.8. The van der Waals surface area contributed by atoms with Crippen LogP contribution in [0.15, 0.2) is 45.3 Å². The summed E-state index contributed by atoms with van der Waals surface area (Å²) < 4.78 is 20.6. The first-order valence-corrected chi connectivity index (χ1v) is 7.15. The molecule has 1 atom stereocenters. The Hall–Kier alpha value is -1.24. The van der Waals surface area contributed by atoms with Crippen molar-refractivity contribution in [3.8, 4) is 0 Å². The number of hydrogen-bond acceptors (Lipinski definition) is 3. The predicted octanol–water partition coefficient (Wildman–Crippen LogP) is 2.66. The lowest BCUT2D eigenvalue weighted by molar-refractivity contribution is 0.303. The van der Waals surface area contributed by atoms with Gasteiger partial charge >= 0.3 is 11.3 Å². The van der Waals surface area contributed by atoms with Gasteiger partial charge in [0.1, 0.15) is 5.84 Å². The van der Waals surface area contributed by atoms with Crippen LogP contribution in [0.25, 0.3) is 10.8 Å². The van der Waals surface area contributed by atoms with E-state index >= 15 is 0 Å². The fraction of sp³-hybridized carbons (Fsp3) is 0.0833. The van der Waals surface area contributed by atoms with Gasteiger partial charge in [0.15, 0.2) is 0 Å². The molecule has 4 nitrogen and oxygen atoms in total. The van der Waals surface area contributed by atoms with Crippen LogP contribution in [0.3, 0.4) is 0 Å². The minimum absolute atomic E-state index is 0.561. The fourth-order valence-corrected chi connectivity index (χ4v) is 3.10. The number of amidine groups is 1. The predicted molar refractivity (Wildman–Crippen MR) is 75.2 cm³/mol. The third-order valence-electron chi connectivity index (χ3n) is 2.71. The number of nitrogens with one attached hydrogen (secondary N) is 1. The van der Waals surface area contributed by atoms with Crippen molar-refractivity contribution >= 4 is 43.8 Å². The van der Waals surface area contributed by atoms with Gasteiger partial charge < -0.3 is 0 Å². The van der Waals surface area contributed by atoms with E-state index in [-0.39, 0.29) is 0 Å². The molecule has 0 saturated heterocycles. The van der Waals surface area contributed by atoms with Crippen molar-refractivity contribution in [1.82, 2.24) is 5.48 Å². The Bertz CT molecular complexity index is 667. The zero-order chi connectivity index (χ0) is 12.5. The molecule has 18 heavy (non-hydrogen) atoms. The van der Waals surface area contributed by atoms with E-state index in [9.17, 15) is 4.21 Å². The lowest BCUT2D eigenvalue weighted by atomic mass is 10.0. The minimum atomic E-state index is -1.60. The van der Waals surface area contributed by atoms with Crippen LogP contribution in [0.5, 0.6) is 0 Å². The highest BCUT2D eigenvalue weighted by Crippen LogP contribution is 2.27. The van der Waals surface area contributed by atoms with Crippen molar-refractivity contribution < 1.29 is 8.49 Å². The van der Waals surface area contributed by atoms with Gasteiger partial charge in [-0.25, -0.2) is 9.69 Å². The molecule has 2 aromatic carbocycles. The summed E-state index contributed by atoms with van der Waals surface area (Å²) in [5, 5.41) is 2.30. The van der Waals surface area contributed by atoms with E-state index in [2.05, 4.69) is 42.2 Å². The van der Waals surface area contributed by atoms with Crippen LogP contribution in [0.1, 0.15) is 5.56 Å². The summed E-state index contributed by atoms with van der Waals surface area (Å²) in [5.41, 5.74) is 3.68. The van der Waals surface area contributed by atoms with Gasteiger partial charge in [0, 0.05) is 10.9 Å². The summed E-state index contributed by atoms with van der Waals surface area (Å²) >= 11 is 1.96. The Balaban J connectivity index is 2.07. The van der Waals surface area contributed by atoms with Crippen molar-refractivity contribution in [1.29, 1.82) is 0 Å². The molecule has 1 aliphatic rings. The normalized spacial score (nSPS) is 18.7. The van der Waals surface area contributed by atoms with Gasteiger partial charge in [-0.1, -0.05) is 46.3 Å². The third-order valence-corrected chi connectivity index (χ3v) is 3.97. The van der Waals surface area contributed by atoms with Crippen molar-refractivity contribution in [2.45, 2.75) is 6.42 Å². The first-order chi connectivity index (χ1) is 8.74. The van der Waals surface area contributed by atoms with Gasteiger partial charge in [0.25, 0.3) is 0 Å². The number of nitrogens with zero attached hydrogens (tertiary/aromatic N) is 1. The monoisotopic (exact) mass is 324 g/mol. The molecule has 0 bridgehead atoms. The molecule has 3 rings (SSSR count). The van der Waals surface area contributed by atoms with E-state index in [0.717, 1.165) is 20.8 Å². The maximum absolute atomic E-state index is 11.0. The van der Waals surface area contributed by atoms with Crippen molar-refractivity contribution in [3.05, 3.63) is 46.4 Å². The van der Waals surface area contributed by atoms with Gasteiger partial charge in [0.2, 0.25) is 0 Å². The van der Waals surface area contributed by atoms with Crippen LogP contribution in [0, 0.1) is 0 Å². The zero-order valence-corrected chi connectivity index (χ0v) is 11.6. The van der Waals surface area contributed by atoms with Gasteiger partial charge in [-0.15, -0.1) is 4.40 Å². The molecule has 6 heteroatoms. The number of rotatable bonds is 2. The Morgan fingerprint density at radius 3 is 2.78 bits per heavy atom. The molecular formula is C12H9BrN2O2S. The zero-order valence-electron chi connectivity index (χ0n) is 9.22. The molecule has 0 fully saturated rings. The largest absolute Gasteiger partial charge is 0.309 e. The second-order valence-corrected chi connectivity index (χ2v) is 5.51. The van der Waals surface area contributed by atoms with E-state index in [1.165, 1.54) is 0 Å². The molecule has 1 N–H and O–H groups in total. The molecule has 0 saturated carbocycles. The number of benzene rings is 2. The second kappa shape index (κ2) is 4.79. The smallest absolute Gasteiger partial charge is 0.234 e. The Morgan fingerprint density at radius 2 is 2.06 bits per heavy atom. The highest BCUT2D eigenvalue weighted by atomic mass is 79.9. The Morgan fingerprint density at radius 1 is 1.28 bits per heavy atom. The molecular weight excluding hydrogens is 316 g/mol. The standard InChI is InChI=1S/C12H9BrN2O2S/c13-10-6-2-4-8-3-1-5-9(12(8)10)7-11-14-17-18(16)15-11/h1-6H,7H2,(H,14,15). The summed E-state index contributed by atoms with van der Waals surface area (Å²) in [6, 6.07) is 12.1. The molecule has 0 radical (unpaired) electrons. The SMILES string of the molecule is O=S1N=C(Cc2cccc3cccc(Br)c23)NO1. The molecule has 0 spiro atoms. The van der Waals surface area contributed by atoms with Gasteiger partial charge in [-0.2, -0.15) is 4.28 Å². The summed E-state index contributed by atoms with van der Waals surface area (Å²) in [5.74, 6) is 0.580. The lowest BCUT2D eigenvalue weighted by Crippen LogP contribution is -2.19. The van der Waals surface area contributed by atoms with Crippen LogP contribution in [-0.2, 0) is 22.0 Å². The van der Waals surface area contributed by atoms with E-state index in [1.54, 1.807) is 0 Å². The highest BCUT2D eigenvalue weighted by molar-refractivity contribution is 9.10. The molecule has 0 aliphatic carbocycles. The number of fused-ring (bicyclic) bond motifs is 1. The third kappa shape index (κ3) is 2.19. The van der Waals surface area contributed by atoms with Crippen LogP contribution in [0.2, 0.25) is 0 Å². The lowest BCUT2D eigenvalue weighted by Gasteiger charge is -2.07. The Labute approximate surface area is 115 Å². The van der Waals surface area contributed by atoms with Crippen LogP contribution >= 0.6 is 15.9 Å². The molecule has 1 aliphatic heterocycles. The van der Waals surface area contributed by atoms with E-state index in [1.807, 2.05) is 24.3 Å². The molecule has 2 aromatic rings. The fourth-order valence-electron chi connectivity index (χ4n) is 1.98. The summed E-state index contributed by atoms with van der Waals surface area (Å²) in [6.07, 6.45) is 0.561. The van der Waals surface area contributed by atoms with Gasteiger partial charge in [0.05, 0.1) is 0 Å². The van der Waals surface area contributed by atoms with Crippen molar-refractivity contribution in [2.24, 2.45) is 4.40 Å². The highest BCUT2D eigenvalue weighted by Gasteiger charge is 2.15. The summed E-state index contributed by atoms with van der Waals surface area (Å²) in [6.45, 7) is 0. The van der Waals surface area contributed by atoms with Crippen molar-refractivity contribution in [2.75, 3.05) is 0 Å². The van der Waals surface area contributed by atoms with E-state index in [0.29, 0.717) is 12.3 Å². The first-order valence-electron chi connectivity index (χ1n) is 5.33. The topological polar surface area (TPSA) is 50.7 Å². The number of hydrogen-bond donors (Lipinski definition) is 1. The second-order valence-electron chi connectivity index (χ2n) is 3.87. The Kier molecular flexibility index (Phi) is 3.15. The van der Waals surface area contributed by atoms with Gasteiger partial charge in [-0.3, -0.25) is 0 Å². The summed E-state index contributed by atoms with van der Waals surface area (Å²) in [4.78, 5) is 0. The van der Waals surface area contributed by atoms with Crippen LogP contribution < -0.4 is 5.48 Å². The maximum Gasteiger partial charge on any atom is 0.309 e. The summed E-state index contributed by atoms with van der Waals surface area (Å²) in [7, 11) is 0. The van der Waals surface area contributed by atoms with Crippen LogP contribution in [0.4, 0.5) is 0 Å². The van der Waals surface area contributed by atoms with Crippen LogP contribution in [-0.4, -0.2) is 10.0 Å². The molecule has 1 unspecified atom stereocenters. The van der Waals surface area contributed by atoms with Crippen molar-refractivity contribution in [3.63, 3.8) is 0 Å².